The summed E-state index contributed by atoms with van der Waals surface area (Å²) in [7, 11) is 1.56. The van der Waals surface area contributed by atoms with Crippen molar-refractivity contribution in [3.63, 3.8) is 0 Å². The Kier molecular flexibility index (Phi) is 6.42. The average molecular weight is 362 g/mol. The summed E-state index contributed by atoms with van der Waals surface area (Å²) in [6.45, 7) is 3.57. The van der Waals surface area contributed by atoms with E-state index in [2.05, 4.69) is 5.32 Å². The predicted molar refractivity (Wildman–Crippen MR) is 95.9 cm³/mol. The van der Waals surface area contributed by atoms with Gasteiger partial charge in [-0.05, 0) is 38.1 Å². The van der Waals surface area contributed by atoms with Crippen LogP contribution in [0.3, 0.4) is 0 Å². The van der Waals surface area contributed by atoms with Crippen LogP contribution in [0.1, 0.15) is 28.4 Å². The van der Waals surface area contributed by atoms with E-state index in [-0.39, 0.29) is 6.61 Å². The molecule has 0 bridgehead atoms. The lowest BCUT2D eigenvalue weighted by molar-refractivity contribution is -0.146. The van der Waals surface area contributed by atoms with Gasteiger partial charge in [-0.25, -0.2) is 4.79 Å². The summed E-state index contributed by atoms with van der Waals surface area (Å²) in [6.07, 6.45) is 0. The maximum atomic E-state index is 12.2. The van der Waals surface area contributed by atoms with Gasteiger partial charge in [0, 0.05) is 5.56 Å². The van der Waals surface area contributed by atoms with Crippen LogP contribution in [0.25, 0.3) is 0 Å². The molecule has 0 spiro atoms. The van der Waals surface area contributed by atoms with Crippen molar-refractivity contribution in [2.24, 2.45) is 0 Å². The third kappa shape index (κ3) is 4.97. The Morgan fingerprint density at radius 1 is 1.20 bits per heavy atom. The monoisotopic (exact) mass is 361 g/mol. The van der Waals surface area contributed by atoms with Gasteiger partial charge in [-0.15, -0.1) is 0 Å². The van der Waals surface area contributed by atoms with Crippen LogP contribution in [-0.2, 0) is 16.1 Å². The minimum Gasteiger partial charge on any atom is -0.496 e. The lowest BCUT2D eigenvalue weighted by Crippen LogP contribution is -2.39. The first-order valence-electron chi connectivity index (χ1n) is 7.78. The number of rotatable bonds is 6. The van der Waals surface area contributed by atoms with Gasteiger partial charge >= 0.3 is 5.97 Å². The maximum absolute atomic E-state index is 12.2. The number of ether oxygens (including phenoxy) is 2. The molecule has 0 unspecified atom stereocenters. The summed E-state index contributed by atoms with van der Waals surface area (Å²) in [6, 6.07) is 11.5. The van der Waals surface area contributed by atoms with Crippen LogP contribution in [0.4, 0.5) is 0 Å². The minimum absolute atomic E-state index is 0.0655. The molecule has 5 nitrogen and oxygen atoms in total. The molecule has 6 heteroatoms. The molecule has 0 saturated carbocycles. The number of esters is 1. The van der Waals surface area contributed by atoms with Crippen molar-refractivity contribution in [1.29, 1.82) is 0 Å². The van der Waals surface area contributed by atoms with Crippen molar-refractivity contribution in [2.45, 2.75) is 26.5 Å². The molecule has 0 aliphatic heterocycles. The second-order valence-corrected chi connectivity index (χ2v) is 6.01. The highest BCUT2D eigenvalue weighted by molar-refractivity contribution is 6.33. The zero-order valence-electron chi connectivity index (χ0n) is 14.3. The average Bonchev–Trinajstić information content (AvgIpc) is 2.59. The van der Waals surface area contributed by atoms with Gasteiger partial charge in [-0.1, -0.05) is 35.4 Å². The van der Waals surface area contributed by atoms with E-state index in [1.165, 1.54) is 0 Å². The van der Waals surface area contributed by atoms with Gasteiger partial charge < -0.3 is 14.8 Å². The van der Waals surface area contributed by atoms with Crippen LogP contribution in [-0.4, -0.2) is 25.0 Å². The van der Waals surface area contributed by atoms with E-state index < -0.39 is 17.9 Å². The van der Waals surface area contributed by atoms with Crippen molar-refractivity contribution in [3.8, 4) is 5.75 Å². The first kappa shape index (κ1) is 18.8. The molecule has 0 saturated heterocycles. The van der Waals surface area contributed by atoms with Crippen molar-refractivity contribution in [1.82, 2.24) is 5.32 Å². The molecule has 1 N–H and O–H groups in total. The second kappa shape index (κ2) is 8.53. The largest absolute Gasteiger partial charge is 0.496 e. The van der Waals surface area contributed by atoms with E-state index in [0.29, 0.717) is 16.3 Å². The summed E-state index contributed by atoms with van der Waals surface area (Å²) in [5.74, 6) is -0.321. The summed E-state index contributed by atoms with van der Waals surface area (Å²) < 4.78 is 10.5. The van der Waals surface area contributed by atoms with Crippen LogP contribution in [0.15, 0.2) is 42.5 Å². The van der Waals surface area contributed by atoms with Crippen LogP contribution in [0.2, 0.25) is 5.02 Å². The number of aryl methyl sites for hydroxylation is 1. The molecule has 2 aromatic carbocycles. The van der Waals surface area contributed by atoms with Gasteiger partial charge in [0.25, 0.3) is 5.91 Å². The fraction of sp³-hybridized carbons (Fsp3) is 0.263. The van der Waals surface area contributed by atoms with Crippen molar-refractivity contribution >= 4 is 23.5 Å². The number of benzene rings is 2. The van der Waals surface area contributed by atoms with Crippen molar-refractivity contribution in [3.05, 3.63) is 64.2 Å². The highest BCUT2D eigenvalue weighted by Crippen LogP contribution is 2.20. The summed E-state index contributed by atoms with van der Waals surface area (Å²) >= 11 is 5.98. The Balaban J connectivity index is 1.96. The first-order chi connectivity index (χ1) is 11.9. The highest BCUT2D eigenvalue weighted by Gasteiger charge is 2.19. The summed E-state index contributed by atoms with van der Waals surface area (Å²) in [5.41, 5.74) is 2.11. The normalized spacial score (nSPS) is 11.5. The van der Waals surface area contributed by atoms with Crippen molar-refractivity contribution < 1.29 is 19.1 Å². The fourth-order valence-corrected chi connectivity index (χ4v) is 2.49. The van der Waals surface area contributed by atoms with E-state index >= 15 is 0 Å². The van der Waals surface area contributed by atoms with Gasteiger partial charge in [-0.3, -0.25) is 4.79 Å². The molecule has 2 rings (SSSR count). The van der Waals surface area contributed by atoms with Crippen LogP contribution >= 0.6 is 11.6 Å². The maximum Gasteiger partial charge on any atom is 0.328 e. The molecule has 25 heavy (non-hydrogen) atoms. The van der Waals surface area contributed by atoms with E-state index in [9.17, 15) is 9.59 Å². The Labute approximate surface area is 151 Å². The van der Waals surface area contributed by atoms with E-state index in [4.69, 9.17) is 21.1 Å². The van der Waals surface area contributed by atoms with E-state index in [1.54, 1.807) is 38.3 Å². The zero-order valence-corrected chi connectivity index (χ0v) is 15.1. The first-order valence-corrected chi connectivity index (χ1v) is 8.15. The lowest BCUT2D eigenvalue weighted by atomic mass is 10.1. The Hall–Kier alpha value is -2.53. The Morgan fingerprint density at radius 2 is 1.92 bits per heavy atom. The van der Waals surface area contributed by atoms with Gasteiger partial charge in [0.2, 0.25) is 0 Å². The molecular weight excluding hydrogens is 342 g/mol. The van der Waals surface area contributed by atoms with Crippen molar-refractivity contribution in [2.75, 3.05) is 7.11 Å². The lowest BCUT2D eigenvalue weighted by Gasteiger charge is -2.15. The van der Waals surface area contributed by atoms with E-state index in [1.807, 2.05) is 25.1 Å². The number of hydrogen-bond donors (Lipinski definition) is 1. The third-order valence-corrected chi connectivity index (χ3v) is 3.96. The number of carbonyl (C=O) groups excluding carboxylic acids is 2. The second-order valence-electron chi connectivity index (χ2n) is 5.60. The molecule has 0 fully saturated rings. The molecule has 0 heterocycles. The van der Waals surface area contributed by atoms with E-state index in [0.717, 1.165) is 11.1 Å². The number of amides is 1. The Bertz CT molecular complexity index is 776. The molecular formula is C19H20ClNO4. The number of carbonyl (C=O) groups is 2. The van der Waals surface area contributed by atoms with Gasteiger partial charge in [0.15, 0.2) is 0 Å². The van der Waals surface area contributed by atoms with Crippen LogP contribution in [0.5, 0.6) is 5.75 Å². The number of hydrogen-bond acceptors (Lipinski definition) is 4. The van der Waals surface area contributed by atoms with Crippen LogP contribution < -0.4 is 10.1 Å². The minimum atomic E-state index is -0.806. The molecule has 132 valence electrons. The molecule has 0 aliphatic rings. The quantitative estimate of drug-likeness (QED) is 0.799. The van der Waals surface area contributed by atoms with Gasteiger partial charge in [0.1, 0.15) is 18.4 Å². The molecule has 0 aliphatic carbocycles. The smallest absolute Gasteiger partial charge is 0.328 e. The van der Waals surface area contributed by atoms with Crippen LogP contribution in [0, 0.1) is 6.92 Å². The van der Waals surface area contributed by atoms with Gasteiger partial charge in [0.05, 0.1) is 17.7 Å². The standard InChI is InChI=1S/C19H20ClNO4/c1-12-8-9-17(24-3)14(10-12)11-25-19(23)13(2)21-18(22)15-6-4-5-7-16(15)20/h4-10,13H,11H2,1-3H3,(H,21,22)/t13-/m0/s1. The molecule has 1 amide bonds. The SMILES string of the molecule is COc1ccc(C)cc1COC(=O)[C@H](C)NC(=O)c1ccccc1Cl. The molecule has 1 atom stereocenters. The molecule has 0 aromatic heterocycles. The molecule has 0 radical (unpaired) electrons. The third-order valence-electron chi connectivity index (χ3n) is 3.63. The number of nitrogens with one attached hydrogen (secondary N) is 1. The Morgan fingerprint density at radius 3 is 2.60 bits per heavy atom. The highest BCUT2D eigenvalue weighted by atomic mass is 35.5. The summed E-state index contributed by atoms with van der Waals surface area (Å²) in [5, 5.41) is 2.91. The predicted octanol–water partition coefficient (Wildman–Crippen LogP) is 3.52. The zero-order chi connectivity index (χ0) is 18.4. The topological polar surface area (TPSA) is 64.6 Å². The van der Waals surface area contributed by atoms with Gasteiger partial charge in [-0.2, -0.15) is 0 Å². The molecule has 2 aromatic rings. The number of methoxy groups -OCH3 is 1. The fourth-order valence-electron chi connectivity index (χ4n) is 2.27. The summed E-state index contributed by atoms with van der Waals surface area (Å²) in [4.78, 5) is 24.3. The number of halogens is 1.